The number of carboxylic acid groups (broad SMARTS) is 1. The molecule has 0 radical (unpaired) electrons. The number of aromatic hydroxyl groups is 1. The van der Waals surface area contributed by atoms with E-state index in [9.17, 15) is 14.7 Å². The summed E-state index contributed by atoms with van der Waals surface area (Å²) in [7, 11) is 0. The monoisotopic (exact) mass is 729 g/mol. The van der Waals surface area contributed by atoms with Gasteiger partial charge in [0.05, 0.1) is 19.8 Å². The van der Waals surface area contributed by atoms with Gasteiger partial charge in [-0.25, -0.2) is 4.79 Å². The Kier molecular flexibility index (Phi) is 47.8. The molecular weight excluding hydrogens is 648 g/mol. The van der Waals surface area contributed by atoms with E-state index in [0.717, 1.165) is 19.3 Å². The molecule has 0 amide bonds. The largest absolute Gasteiger partial charge is 0.507 e. The van der Waals surface area contributed by atoms with Gasteiger partial charge in [0, 0.05) is 13.0 Å². The number of para-hydroxylation sites is 1. The number of carboxylic acids is 1. The van der Waals surface area contributed by atoms with Gasteiger partial charge < -0.3 is 35.4 Å². The molecule has 0 heterocycles. The fourth-order valence-corrected chi connectivity index (χ4v) is 5.16. The fourth-order valence-electron chi connectivity index (χ4n) is 5.16. The number of phenols is 1. The van der Waals surface area contributed by atoms with Gasteiger partial charge in [-0.1, -0.05) is 174 Å². The van der Waals surface area contributed by atoms with Crippen LogP contribution in [-0.4, -0.2) is 75.1 Å². The number of rotatable bonds is 30. The van der Waals surface area contributed by atoms with Crippen LogP contribution in [0.5, 0.6) is 5.75 Å². The third kappa shape index (κ3) is 45.8. The highest BCUT2D eigenvalue weighted by Gasteiger charge is 2.09. The summed E-state index contributed by atoms with van der Waals surface area (Å²) >= 11 is 0. The van der Waals surface area contributed by atoms with Crippen LogP contribution >= 0.6 is 0 Å². The van der Waals surface area contributed by atoms with Crippen molar-refractivity contribution in [1.82, 2.24) is 0 Å². The number of aliphatic hydroxyl groups excluding tert-OH is 4. The third-order valence-electron chi connectivity index (χ3n) is 8.33. The summed E-state index contributed by atoms with van der Waals surface area (Å²) in [6.45, 7) is 6.20. The standard InChI is InChI=1S/C18H36O2.C12H26O.C9H10O3.C3H8O3/c1-2-3-4-5-6-7-8-9-10-11-12-13-14-15-16-17-18(19)20;1-2-3-4-5-6-7-8-9-10-11-12-13;1-2-12-9(11)7-5-3-4-6-8(7)10;4-1-3(6)2-5/h2-17H2,1H3,(H,19,20);13H,2-12H2,1H3;3-6,10H,2H2,1H3;3-6H,1-2H2. The zero-order valence-corrected chi connectivity index (χ0v) is 33.0. The highest BCUT2D eigenvalue weighted by atomic mass is 16.5. The van der Waals surface area contributed by atoms with Gasteiger partial charge in [-0.15, -0.1) is 0 Å². The van der Waals surface area contributed by atoms with Gasteiger partial charge in [0.25, 0.3) is 0 Å². The molecule has 0 unspecified atom stereocenters. The van der Waals surface area contributed by atoms with Crippen LogP contribution in [0, 0.1) is 0 Å². The molecule has 0 spiro atoms. The van der Waals surface area contributed by atoms with Crippen LogP contribution < -0.4 is 0 Å². The molecule has 0 saturated carbocycles. The molecule has 0 atom stereocenters. The minimum absolute atomic E-state index is 0.0454. The Hall–Kier alpha value is -2.20. The third-order valence-corrected chi connectivity index (χ3v) is 8.33. The van der Waals surface area contributed by atoms with E-state index in [0.29, 0.717) is 19.6 Å². The summed E-state index contributed by atoms with van der Waals surface area (Å²) < 4.78 is 4.71. The van der Waals surface area contributed by atoms with Crippen LogP contribution in [0.1, 0.15) is 198 Å². The van der Waals surface area contributed by atoms with Crippen molar-refractivity contribution in [3.8, 4) is 5.75 Å². The molecule has 0 aromatic heterocycles. The van der Waals surface area contributed by atoms with Crippen molar-refractivity contribution < 1.29 is 45.0 Å². The summed E-state index contributed by atoms with van der Waals surface area (Å²) in [4.78, 5) is 21.4. The summed E-state index contributed by atoms with van der Waals surface area (Å²) in [5.41, 5.74) is 0.208. The second-order valence-corrected chi connectivity index (χ2v) is 13.3. The highest BCUT2D eigenvalue weighted by molar-refractivity contribution is 5.92. The lowest BCUT2D eigenvalue weighted by atomic mass is 10.0. The Morgan fingerprint density at radius 3 is 1.22 bits per heavy atom. The number of unbranched alkanes of at least 4 members (excludes halogenated alkanes) is 23. The van der Waals surface area contributed by atoms with Crippen molar-refractivity contribution in [3.05, 3.63) is 29.8 Å². The molecule has 9 heteroatoms. The number of carbonyl (C=O) groups excluding carboxylic acids is 1. The van der Waals surface area contributed by atoms with Crippen molar-refractivity contribution in [2.45, 2.75) is 194 Å². The molecule has 6 N–H and O–H groups in total. The maximum Gasteiger partial charge on any atom is 0.341 e. The zero-order chi connectivity index (χ0) is 38.6. The van der Waals surface area contributed by atoms with Gasteiger partial charge in [-0.3, -0.25) is 4.79 Å². The molecular formula is C42H80O9. The summed E-state index contributed by atoms with van der Waals surface area (Å²) in [6.07, 6.45) is 32.5. The summed E-state index contributed by atoms with van der Waals surface area (Å²) in [6, 6.07) is 6.30. The SMILES string of the molecule is CCCCCCCCCCCCCCCCCC(=O)O.CCCCCCCCCCCCO.CCOC(=O)c1ccccc1O.OCC(O)CO. The van der Waals surface area contributed by atoms with E-state index in [-0.39, 0.29) is 24.5 Å². The number of hydrogen-bond donors (Lipinski definition) is 6. The first-order valence-corrected chi connectivity index (χ1v) is 20.4. The minimum atomic E-state index is -0.954. The molecule has 0 bridgehead atoms. The van der Waals surface area contributed by atoms with Gasteiger partial charge >= 0.3 is 11.9 Å². The first-order chi connectivity index (χ1) is 24.7. The Labute approximate surface area is 312 Å². The predicted octanol–water partition coefficient (Wildman–Crippen LogP) is 10.1. The molecule has 1 aromatic rings. The molecule has 0 aliphatic rings. The van der Waals surface area contributed by atoms with E-state index >= 15 is 0 Å². The maximum absolute atomic E-state index is 11.1. The first kappa shape index (κ1) is 53.2. The maximum atomic E-state index is 11.1. The van der Waals surface area contributed by atoms with Gasteiger partial charge in [0.2, 0.25) is 0 Å². The number of carbonyl (C=O) groups is 2. The van der Waals surface area contributed by atoms with Gasteiger partial charge in [0.1, 0.15) is 17.4 Å². The van der Waals surface area contributed by atoms with Gasteiger partial charge in [-0.05, 0) is 31.9 Å². The summed E-state index contributed by atoms with van der Waals surface area (Å²) in [5.74, 6) is -1.19. The van der Waals surface area contributed by atoms with Crippen LogP contribution in [-0.2, 0) is 9.53 Å². The molecule has 0 fully saturated rings. The number of aliphatic hydroxyl groups is 4. The average Bonchev–Trinajstić information content (AvgIpc) is 3.13. The number of esters is 1. The number of aliphatic carboxylic acids is 1. The van der Waals surface area contributed by atoms with Crippen molar-refractivity contribution in [2.24, 2.45) is 0 Å². The second-order valence-electron chi connectivity index (χ2n) is 13.3. The molecule has 51 heavy (non-hydrogen) atoms. The van der Waals surface area contributed by atoms with Crippen molar-refractivity contribution in [2.75, 3.05) is 26.4 Å². The van der Waals surface area contributed by atoms with Crippen molar-refractivity contribution >= 4 is 11.9 Å². The molecule has 302 valence electrons. The van der Waals surface area contributed by atoms with E-state index in [4.69, 9.17) is 30.3 Å². The number of hydrogen-bond acceptors (Lipinski definition) is 8. The predicted molar refractivity (Wildman–Crippen MR) is 210 cm³/mol. The zero-order valence-electron chi connectivity index (χ0n) is 33.0. The Morgan fingerprint density at radius 2 is 0.922 bits per heavy atom. The Morgan fingerprint density at radius 1 is 0.569 bits per heavy atom. The number of benzene rings is 1. The van der Waals surface area contributed by atoms with Gasteiger partial charge in [-0.2, -0.15) is 0 Å². The number of phenolic OH excluding ortho intramolecular Hbond substituents is 1. The topological polar surface area (TPSA) is 165 Å². The molecule has 1 rings (SSSR count). The van der Waals surface area contributed by atoms with Crippen LogP contribution in [0.15, 0.2) is 24.3 Å². The highest BCUT2D eigenvalue weighted by Crippen LogP contribution is 2.16. The van der Waals surface area contributed by atoms with Crippen LogP contribution in [0.2, 0.25) is 0 Å². The van der Waals surface area contributed by atoms with Crippen LogP contribution in [0.4, 0.5) is 0 Å². The van der Waals surface area contributed by atoms with E-state index in [1.54, 1.807) is 19.1 Å². The molecule has 0 aliphatic heterocycles. The lowest BCUT2D eigenvalue weighted by Crippen LogP contribution is -2.15. The molecule has 1 aromatic carbocycles. The lowest BCUT2D eigenvalue weighted by molar-refractivity contribution is -0.137. The summed E-state index contributed by atoms with van der Waals surface area (Å²) in [5, 5.41) is 50.3. The normalized spacial score (nSPS) is 10.4. The van der Waals surface area contributed by atoms with Gasteiger partial charge in [0.15, 0.2) is 0 Å². The quantitative estimate of drug-likeness (QED) is 0.0334. The van der Waals surface area contributed by atoms with Crippen molar-refractivity contribution in [1.29, 1.82) is 0 Å². The minimum Gasteiger partial charge on any atom is -0.507 e. The first-order valence-electron chi connectivity index (χ1n) is 20.4. The molecule has 9 nitrogen and oxygen atoms in total. The van der Waals surface area contributed by atoms with E-state index in [1.807, 2.05) is 0 Å². The molecule has 0 saturated heterocycles. The van der Waals surface area contributed by atoms with E-state index in [2.05, 4.69) is 13.8 Å². The van der Waals surface area contributed by atoms with E-state index < -0.39 is 18.0 Å². The Bertz CT molecular complexity index is 820. The second kappa shape index (κ2) is 45.8. The molecule has 0 aliphatic carbocycles. The van der Waals surface area contributed by atoms with Crippen LogP contribution in [0.3, 0.4) is 0 Å². The Balaban J connectivity index is -0.000000647. The fraction of sp³-hybridized carbons (Fsp3) is 0.810. The smallest absolute Gasteiger partial charge is 0.341 e. The van der Waals surface area contributed by atoms with E-state index in [1.165, 1.54) is 153 Å². The number of ether oxygens (including phenoxy) is 1. The van der Waals surface area contributed by atoms with Crippen LogP contribution in [0.25, 0.3) is 0 Å². The van der Waals surface area contributed by atoms with Crippen molar-refractivity contribution in [3.63, 3.8) is 0 Å². The lowest BCUT2D eigenvalue weighted by Gasteiger charge is -2.03. The average molecular weight is 729 g/mol.